The summed E-state index contributed by atoms with van der Waals surface area (Å²) >= 11 is 0. The Labute approximate surface area is 200 Å². The van der Waals surface area contributed by atoms with Gasteiger partial charge in [-0.05, 0) is 92.7 Å². The van der Waals surface area contributed by atoms with Crippen LogP contribution in [-0.2, 0) is 4.79 Å². The number of alkyl halides is 2. The maximum absolute atomic E-state index is 14.4. The van der Waals surface area contributed by atoms with Crippen molar-refractivity contribution in [1.82, 2.24) is 4.90 Å². The fourth-order valence-corrected chi connectivity index (χ4v) is 6.67. The molecule has 3 atom stereocenters. The van der Waals surface area contributed by atoms with Crippen LogP contribution >= 0.6 is 0 Å². The van der Waals surface area contributed by atoms with Crippen molar-refractivity contribution in [3.63, 3.8) is 0 Å². The van der Waals surface area contributed by atoms with Crippen LogP contribution in [0.5, 0.6) is 5.75 Å². The molecule has 3 fully saturated rings. The molecule has 184 valence electrons. The average Bonchev–Trinajstić information content (AvgIpc) is 3.07. The molecule has 0 aromatic heterocycles. The minimum atomic E-state index is -2.62. The number of fused-ring (bicyclic) bond motifs is 3. The highest BCUT2D eigenvalue weighted by molar-refractivity contribution is 5.88. The number of carbonyl (C=O) groups is 1. The van der Waals surface area contributed by atoms with E-state index in [1.807, 2.05) is 24.3 Å². The summed E-state index contributed by atoms with van der Waals surface area (Å²) in [6.45, 7) is 4.36. The normalized spacial score (nSPS) is 30.6. The lowest BCUT2D eigenvalue weighted by atomic mass is 9.88. The van der Waals surface area contributed by atoms with Gasteiger partial charge in [0.05, 0.1) is 17.6 Å². The fourth-order valence-electron chi connectivity index (χ4n) is 6.67. The van der Waals surface area contributed by atoms with E-state index in [-0.39, 0.29) is 35.7 Å². The fraction of sp³-hybridized carbons (Fsp3) is 0.607. The summed E-state index contributed by atoms with van der Waals surface area (Å²) in [5, 5.41) is 10.9. The number of benzene rings is 2. The molecule has 2 aromatic rings. The van der Waals surface area contributed by atoms with Crippen molar-refractivity contribution in [2.75, 3.05) is 0 Å². The summed E-state index contributed by atoms with van der Waals surface area (Å²) in [6.07, 6.45) is 4.71. The van der Waals surface area contributed by atoms with Crippen LogP contribution in [-0.4, -0.2) is 34.2 Å². The van der Waals surface area contributed by atoms with Gasteiger partial charge in [-0.3, -0.25) is 9.69 Å². The molecular weight excluding hydrogens is 436 g/mol. The van der Waals surface area contributed by atoms with Crippen LogP contribution in [0.2, 0.25) is 0 Å². The summed E-state index contributed by atoms with van der Waals surface area (Å²) in [5.74, 6) is 0.0158. The van der Waals surface area contributed by atoms with Gasteiger partial charge in [-0.15, -0.1) is 0 Å². The van der Waals surface area contributed by atoms with Crippen molar-refractivity contribution >= 4 is 16.7 Å². The van der Waals surface area contributed by atoms with Crippen LogP contribution in [0.1, 0.15) is 88.8 Å². The standard InChI is InChI=1S/C28H35F2NO3/c1-16-3-10-23(11-4-16)34-25-12-7-18-5-6-19(15-24(18)26(25)27(29)30)17(2)31-21-8-9-22(31)14-20(13-21)28(32)33/h5-7,12,15-17,20-23,27H,3-4,8-11,13-14H2,1-2H3,(H,32,33). The third kappa shape index (κ3) is 4.41. The minimum absolute atomic E-state index is 0.000544. The van der Waals surface area contributed by atoms with Crippen LogP contribution in [0.25, 0.3) is 10.8 Å². The first-order chi connectivity index (χ1) is 16.3. The maximum Gasteiger partial charge on any atom is 0.306 e. The van der Waals surface area contributed by atoms with E-state index in [2.05, 4.69) is 18.7 Å². The molecule has 1 saturated carbocycles. The number of hydrogen-bond donors (Lipinski definition) is 1. The van der Waals surface area contributed by atoms with Gasteiger partial charge in [-0.1, -0.05) is 25.1 Å². The summed E-state index contributed by atoms with van der Waals surface area (Å²) in [7, 11) is 0. The zero-order valence-electron chi connectivity index (χ0n) is 20.1. The minimum Gasteiger partial charge on any atom is -0.490 e. The van der Waals surface area contributed by atoms with E-state index in [1.54, 1.807) is 6.07 Å². The van der Waals surface area contributed by atoms with Crippen LogP contribution < -0.4 is 4.74 Å². The summed E-state index contributed by atoms with van der Waals surface area (Å²) < 4.78 is 34.9. The zero-order chi connectivity index (χ0) is 24.0. The highest BCUT2D eigenvalue weighted by atomic mass is 19.3. The van der Waals surface area contributed by atoms with E-state index >= 15 is 0 Å². The zero-order valence-corrected chi connectivity index (χ0v) is 20.1. The van der Waals surface area contributed by atoms with Gasteiger partial charge in [-0.2, -0.15) is 0 Å². The van der Waals surface area contributed by atoms with Gasteiger partial charge >= 0.3 is 5.97 Å². The number of aliphatic carboxylic acids is 1. The van der Waals surface area contributed by atoms with Crippen LogP contribution in [0, 0.1) is 11.8 Å². The van der Waals surface area contributed by atoms with Crippen molar-refractivity contribution in [2.24, 2.45) is 11.8 Å². The van der Waals surface area contributed by atoms with Gasteiger partial charge in [0.1, 0.15) is 5.75 Å². The van der Waals surface area contributed by atoms with Gasteiger partial charge in [-0.25, -0.2) is 8.78 Å². The second-order valence-corrected chi connectivity index (χ2v) is 10.8. The van der Waals surface area contributed by atoms with Gasteiger partial charge in [0.2, 0.25) is 0 Å². The second-order valence-electron chi connectivity index (χ2n) is 10.8. The predicted octanol–water partition coefficient (Wildman–Crippen LogP) is 7.12. The van der Waals surface area contributed by atoms with Crippen LogP contribution in [0.15, 0.2) is 30.3 Å². The highest BCUT2D eigenvalue weighted by Crippen LogP contribution is 2.45. The monoisotopic (exact) mass is 471 g/mol. The van der Waals surface area contributed by atoms with E-state index in [0.717, 1.165) is 49.5 Å². The molecular formula is C28H35F2NO3. The molecule has 5 rings (SSSR count). The number of carboxylic acid groups (broad SMARTS) is 1. The number of hydrogen-bond acceptors (Lipinski definition) is 3. The SMILES string of the molecule is CC1CCC(Oc2ccc3ccc(C(C)N4C5CCC4CC(C(=O)O)C5)cc3c2C(F)F)CC1. The number of ether oxygens (including phenoxy) is 1. The third-order valence-electron chi connectivity index (χ3n) is 8.59. The number of piperidine rings is 1. The molecule has 1 N–H and O–H groups in total. The van der Waals surface area contributed by atoms with Gasteiger partial charge in [0.15, 0.2) is 0 Å². The van der Waals surface area contributed by atoms with Gasteiger partial charge in [0.25, 0.3) is 6.43 Å². The van der Waals surface area contributed by atoms with E-state index < -0.39 is 12.4 Å². The van der Waals surface area contributed by atoms with Crippen molar-refractivity contribution in [3.05, 3.63) is 41.5 Å². The Morgan fingerprint density at radius 1 is 1.03 bits per heavy atom. The van der Waals surface area contributed by atoms with Crippen molar-refractivity contribution in [3.8, 4) is 5.75 Å². The number of halogens is 2. The smallest absolute Gasteiger partial charge is 0.306 e. The molecule has 2 heterocycles. The number of rotatable bonds is 6. The van der Waals surface area contributed by atoms with E-state index in [4.69, 9.17) is 4.74 Å². The Morgan fingerprint density at radius 2 is 1.68 bits per heavy atom. The summed E-state index contributed by atoms with van der Waals surface area (Å²) in [5.41, 5.74) is 1.00. The molecule has 6 heteroatoms. The Hall–Kier alpha value is -2.21. The molecule has 2 aromatic carbocycles. The topological polar surface area (TPSA) is 49.8 Å². The Morgan fingerprint density at radius 3 is 2.29 bits per heavy atom. The lowest BCUT2D eigenvalue weighted by Gasteiger charge is -2.41. The molecule has 4 nitrogen and oxygen atoms in total. The number of nitrogens with zero attached hydrogens (tertiary/aromatic N) is 1. The third-order valence-corrected chi connectivity index (χ3v) is 8.59. The van der Waals surface area contributed by atoms with Crippen LogP contribution in [0.3, 0.4) is 0 Å². The Bertz CT molecular complexity index is 1040. The van der Waals surface area contributed by atoms with Crippen molar-refractivity contribution in [1.29, 1.82) is 0 Å². The van der Waals surface area contributed by atoms with Crippen molar-refractivity contribution in [2.45, 2.75) is 95.9 Å². The molecule has 34 heavy (non-hydrogen) atoms. The Kier molecular flexibility index (Phi) is 6.54. The molecule has 0 radical (unpaired) electrons. The van der Waals surface area contributed by atoms with Gasteiger partial charge in [0, 0.05) is 18.1 Å². The maximum atomic E-state index is 14.4. The largest absolute Gasteiger partial charge is 0.490 e. The average molecular weight is 472 g/mol. The van der Waals surface area contributed by atoms with Crippen molar-refractivity contribution < 1.29 is 23.4 Å². The lowest BCUT2D eigenvalue weighted by molar-refractivity contribution is -0.144. The first-order valence-electron chi connectivity index (χ1n) is 12.8. The summed E-state index contributed by atoms with van der Waals surface area (Å²) in [4.78, 5) is 14.0. The molecule has 0 amide bonds. The lowest BCUT2D eigenvalue weighted by Crippen LogP contribution is -2.45. The van der Waals surface area contributed by atoms with Gasteiger partial charge < -0.3 is 9.84 Å². The highest BCUT2D eigenvalue weighted by Gasteiger charge is 2.45. The molecule has 0 spiro atoms. The molecule has 1 aliphatic carbocycles. The Balaban J connectivity index is 1.44. The molecule has 3 aliphatic rings. The molecule has 3 unspecified atom stereocenters. The molecule has 2 aliphatic heterocycles. The second kappa shape index (κ2) is 9.44. The molecule has 2 saturated heterocycles. The first kappa shape index (κ1) is 23.5. The first-order valence-corrected chi connectivity index (χ1v) is 12.8. The van der Waals surface area contributed by atoms with Crippen LogP contribution in [0.4, 0.5) is 8.78 Å². The van der Waals surface area contributed by atoms with E-state index in [1.165, 1.54) is 0 Å². The number of carboxylic acids is 1. The predicted molar refractivity (Wildman–Crippen MR) is 128 cm³/mol. The quantitative estimate of drug-likeness (QED) is 0.487. The summed E-state index contributed by atoms with van der Waals surface area (Å²) in [6, 6.07) is 10.0. The molecule has 2 bridgehead atoms. The van der Waals surface area contributed by atoms with E-state index in [9.17, 15) is 18.7 Å². The van der Waals surface area contributed by atoms with E-state index in [0.29, 0.717) is 29.9 Å².